The molecule has 1 aromatic heterocycles. The zero-order valence-electron chi connectivity index (χ0n) is 17.0. The summed E-state index contributed by atoms with van der Waals surface area (Å²) in [5, 5.41) is 11.4. The van der Waals surface area contributed by atoms with Crippen LogP contribution in [0.3, 0.4) is 0 Å². The largest absolute Gasteiger partial charge is 0.506 e. The lowest BCUT2D eigenvalue weighted by Gasteiger charge is -2.14. The predicted molar refractivity (Wildman–Crippen MR) is 118 cm³/mol. The molecule has 0 fully saturated rings. The molecule has 174 valence electrons. The standard InChI is InChI=1S/C23H14ClF4N3O3/c24-16-9-13(8-15(20(16)32)23(26,27)28)21(33)30-18-3-1-2-17-19(18)22(34)31(11-29-17)10-12-4-6-14(25)7-5-12/h1-9,11,32H,10H2,(H,30,33). The normalized spacial score (nSPS) is 11.6. The highest BCUT2D eigenvalue weighted by Gasteiger charge is 2.36. The van der Waals surface area contributed by atoms with Crippen molar-refractivity contribution in [1.29, 1.82) is 0 Å². The number of aromatic hydroxyl groups is 1. The fourth-order valence-electron chi connectivity index (χ4n) is 3.34. The van der Waals surface area contributed by atoms with Crippen molar-refractivity contribution in [2.75, 3.05) is 5.32 Å². The van der Waals surface area contributed by atoms with Crippen LogP contribution < -0.4 is 10.9 Å². The molecule has 1 heterocycles. The van der Waals surface area contributed by atoms with E-state index in [4.69, 9.17) is 11.6 Å². The number of nitrogens with zero attached hydrogens (tertiary/aromatic N) is 2. The Labute approximate surface area is 194 Å². The summed E-state index contributed by atoms with van der Waals surface area (Å²) in [4.78, 5) is 30.1. The Morgan fingerprint density at radius 3 is 2.50 bits per heavy atom. The molecule has 2 N–H and O–H groups in total. The van der Waals surface area contributed by atoms with Crippen molar-refractivity contribution < 1.29 is 27.5 Å². The van der Waals surface area contributed by atoms with E-state index in [0.29, 0.717) is 11.6 Å². The van der Waals surface area contributed by atoms with E-state index in [1.54, 1.807) is 0 Å². The van der Waals surface area contributed by atoms with Gasteiger partial charge in [0.2, 0.25) is 0 Å². The molecular formula is C23H14ClF4N3O3. The van der Waals surface area contributed by atoms with E-state index in [9.17, 15) is 32.3 Å². The Morgan fingerprint density at radius 1 is 1.12 bits per heavy atom. The lowest BCUT2D eigenvalue weighted by atomic mass is 10.1. The molecule has 0 aliphatic carbocycles. The fourth-order valence-corrected chi connectivity index (χ4v) is 3.56. The maximum absolute atomic E-state index is 13.2. The molecule has 0 unspecified atom stereocenters. The van der Waals surface area contributed by atoms with Crippen LogP contribution in [0, 0.1) is 5.82 Å². The van der Waals surface area contributed by atoms with E-state index >= 15 is 0 Å². The Kier molecular flexibility index (Phi) is 6.01. The van der Waals surface area contributed by atoms with Crippen LogP contribution in [0.15, 0.2) is 65.7 Å². The number of halogens is 5. The Balaban J connectivity index is 1.72. The quantitative estimate of drug-likeness (QED) is 0.384. The van der Waals surface area contributed by atoms with Gasteiger partial charge in [-0.15, -0.1) is 0 Å². The van der Waals surface area contributed by atoms with Gasteiger partial charge in [-0.05, 0) is 42.0 Å². The molecule has 0 aliphatic rings. The number of anilines is 1. The number of fused-ring (bicyclic) bond motifs is 1. The molecule has 11 heteroatoms. The zero-order valence-corrected chi connectivity index (χ0v) is 17.8. The summed E-state index contributed by atoms with van der Waals surface area (Å²) in [5.74, 6) is -2.60. The number of hydrogen-bond donors (Lipinski definition) is 2. The second-order valence-electron chi connectivity index (χ2n) is 7.31. The lowest BCUT2D eigenvalue weighted by molar-refractivity contribution is -0.138. The number of carbonyl (C=O) groups excluding carboxylic acids is 1. The molecular weight excluding hydrogens is 478 g/mol. The number of nitrogens with one attached hydrogen (secondary N) is 1. The summed E-state index contributed by atoms with van der Waals surface area (Å²) in [6.07, 6.45) is -3.64. The molecule has 1 amide bonds. The number of benzene rings is 3. The highest BCUT2D eigenvalue weighted by Crippen LogP contribution is 2.40. The van der Waals surface area contributed by atoms with Gasteiger partial charge in [0, 0.05) is 5.56 Å². The van der Waals surface area contributed by atoms with Crippen LogP contribution in [0.4, 0.5) is 23.2 Å². The van der Waals surface area contributed by atoms with E-state index in [1.165, 1.54) is 53.4 Å². The first kappa shape index (κ1) is 23.2. The van der Waals surface area contributed by atoms with Crippen LogP contribution >= 0.6 is 11.6 Å². The van der Waals surface area contributed by atoms with Gasteiger partial charge in [0.25, 0.3) is 11.5 Å². The van der Waals surface area contributed by atoms with Crippen LogP contribution in [0.1, 0.15) is 21.5 Å². The van der Waals surface area contributed by atoms with Crippen LogP contribution in [0.2, 0.25) is 5.02 Å². The van der Waals surface area contributed by atoms with Gasteiger partial charge in [-0.3, -0.25) is 14.2 Å². The summed E-state index contributed by atoms with van der Waals surface area (Å²) < 4.78 is 54.0. The smallest absolute Gasteiger partial charge is 0.420 e. The number of phenolic OH excluding ortho intramolecular Hbond substituents is 1. The SMILES string of the molecule is O=C(Nc1cccc2ncn(Cc3ccc(F)cc3)c(=O)c12)c1cc(Cl)c(O)c(C(F)(F)F)c1. The average molecular weight is 492 g/mol. The minimum absolute atomic E-state index is 0.0196. The number of amides is 1. The predicted octanol–water partition coefficient (Wildman–Crippen LogP) is 5.21. The summed E-state index contributed by atoms with van der Waals surface area (Å²) in [6, 6.07) is 11.3. The Hall–Kier alpha value is -3.92. The number of hydrogen-bond acceptors (Lipinski definition) is 4. The molecule has 6 nitrogen and oxygen atoms in total. The third kappa shape index (κ3) is 4.58. The second-order valence-corrected chi connectivity index (χ2v) is 7.72. The van der Waals surface area contributed by atoms with Gasteiger partial charge < -0.3 is 10.4 Å². The molecule has 34 heavy (non-hydrogen) atoms. The molecule has 0 atom stereocenters. The number of rotatable bonds is 4. The van der Waals surface area contributed by atoms with Crippen LogP contribution in [0.5, 0.6) is 5.75 Å². The van der Waals surface area contributed by atoms with E-state index in [-0.39, 0.29) is 23.1 Å². The van der Waals surface area contributed by atoms with Gasteiger partial charge >= 0.3 is 6.18 Å². The van der Waals surface area contributed by atoms with Crippen molar-refractivity contribution in [2.45, 2.75) is 12.7 Å². The summed E-state index contributed by atoms with van der Waals surface area (Å²) in [7, 11) is 0. The number of aromatic nitrogens is 2. The van der Waals surface area contributed by atoms with E-state index in [1.807, 2.05) is 0 Å². The molecule has 4 aromatic rings. The van der Waals surface area contributed by atoms with Crippen molar-refractivity contribution in [3.05, 3.63) is 98.8 Å². The van der Waals surface area contributed by atoms with Crippen molar-refractivity contribution >= 4 is 34.1 Å². The van der Waals surface area contributed by atoms with Gasteiger partial charge in [-0.2, -0.15) is 13.2 Å². The number of phenols is 1. The third-order valence-corrected chi connectivity index (χ3v) is 5.29. The zero-order chi connectivity index (χ0) is 24.6. The highest BCUT2D eigenvalue weighted by atomic mass is 35.5. The molecule has 3 aromatic carbocycles. The topological polar surface area (TPSA) is 84.2 Å². The van der Waals surface area contributed by atoms with Crippen molar-refractivity contribution in [2.24, 2.45) is 0 Å². The molecule has 4 rings (SSSR count). The highest BCUT2D eigenvalue weighted by molar-refractivity contribution is 6.32. The maximum Gasteiger partial charge on any atom is 0.420 e. The molecule has 0 aliphatic heterocycles. The minimum atomic E-state index is -4.94. The van der Waals surface area contributed by atoms with Gasteiger partial charge in [0.05, 0.1) is 40.0 Å². The summed E-state index contributed by atoms with van der Waals surface area (Å²) >= 11 is 5.68. The van der Waals surface area contributed by atoms with Crippen LogP contribution in [0.25, 0.3) is 10.9 Å². The van der Waals surface area contributed by atoms with Crippen molar-refractivity contribution in [1.82, 2.24) is 9.55 Å². The molecule has 0 spiro atoms. The average Bonchev–Trinajstić information content (AvgIpc) is 2.78. The van der Waals surface area contributed by atoms with E-state index in [2.05, 4.69) is 10.3 Å². The van der Waals surface area contributed by atoms with Crippen LogP contribution in [-0.2, 0) is 12.7 Å². The van der Waals surface area contributed by atoms with Gasteiger partial charge in [0.1, 0.15) is 11.6 Å². The van der Waals surface area contributed by atoms with Crippen molar-refractivity contribution in [3.63, 3.8) is 0 Å². The Bertz CT molecular complexity index is 1470. The first-order chi connectivity index (χ1) is 16.0. The first-order valence-electron chi connectivity index (χ1n) is 9.68. The van der Waals surface area contributed by atoms with Gasteiger partial charge in [-0.25, -0.2) is 9.37 Å². The molecule has 0 bridgehead atoms. The summed E-state index contributed by atoms with van der Waals surface area (Å²) in [5.41, 5.74) is -1.56. The molecule has 0 saturated carbocycles. The van der Waals surface area contributed by atoms with Crippen molar-refractivity contribution in [3.8, 4) is 5.75 Å². The van der Waals surface area contributed by atoms with Gasteiger partial charge in [-0.1, -0.05) is 29.8 Å². The molecule has 0 saturated heterocycles. The van der Waals surface area contributed by atoms with Gasteiger partial charge in [0.15, 0.2) is 0 Å². The third-order valence-electron chi connectivity index (χ3n) is 5.00. The summed E-state index contributed by atoms with van der Waals surface area (Å²) in [6.45, 7) is 0.0762. The first-order valence-corrected chi connectivity index (χ1v) is 10.1. The van der Waals surface area contributed by atoms with E-state index in [0.717, 1.165) is 6.07 Å². The van der Waals surface area contributed by atoms with E-state index < -0.39 is 45.4 Å². The Morgan fingerprint density at radius 2 is 1.82 bits per heavy atom. The minimum Gasteiger partial charge on any atom is -0.506 e. The monoisotopic (exact) mass is 491 g/mol. The fraction of sp³-hybridized carbons (Fsp3) is 0.0870. The van der Waals surface area contributed by atoms with Crippen LogP contribution in [-0.4, -0.2) is 20.6 Å². The second kappa shape index (κ2) is 8.79. The lowest BCUT2D eigenvalue weighted by Crippen LogP contribution is -2.23. The maximum atomic E-state index is 13.2. The molecule has 0 radical (unpaired) electrons. The number of carbonyl (C=O) groups is 1. The number of alkyl halides is 3.